The Morgan fingerprint density at radius 1 is 1.30 bits per heavy atom. The quantitative estimate of drug-likeness (QED) is 0.840. The summed E-state index contributed by atoms with van der Waals surface area (Å²) in [5.74, 6) is 0.828. The van der Waals surface area contributed by atoms with Crippen LogP contribution in [0.5, 0.6) is 0 Å². The fraction of sp³-hybridized carbons (Fsp3) is 0.438. The summed E-state index contributed by atoms with van der Waals surface area (Å²) in [6.07, 6.45) is 5.43. The van der Waals surface area contributed by atoms with E-state index in [1.165, 1.54) is 6.07 Å². The molecule has 1 aromatic heterocycles. The van der Waals surface area contributed by atoms with Crippen molar-refractivity contribution in [2.45, 2.75) is 39.3 Å². The molecule has 0 saturated carbocycles. The average Bonchev–Trinajstić information content (AvgIpc) is 2.93. The predicted octanol–water partition coefficient (Wildman–Crippen LogP) is 3.33. The van der Waals surface area contributed by atoms with Gasteiger partial charge in [-0.15, -0.1) is 0 Å². The van der Waals surface area contributed by atoms with E-state index in [0.717, 1.165) is 30.9 Å². The molecule has 0 amide bonds. The summed E-state index contributed by atoms with van der Waals surface area (Å²) in [5.41, 5.74) is 0.728. The van der Waals surface area contributed by atoms with Gasteiger partial charge in [0.25, 0.3) is 0 Å². The third-order valence-electron chi connectivity index (χ3n) is 3.42. The fourth-order valence-corrected chi connectivity index (χ4v) is 2.36. The summed E-state index contributed by atoms with van der Waals surface area (Å²) in [4.78, 5) is 4.44. The molecule has 0 aliphatic heterocycles. The van der Waals surface area contributed by atoms with Gasteiger partial charge in [0.15, 0.2) is 0 Å². The van der Waals surface area contributed by atoms with Gasteiger partial charge in [-0.3, -0.25) is 0 Å². The number of aryl methyl sites for hydroxylation is 1. The normalized spacial score (nSPS) is 12.6. The third kappa shape index (κ3) is 3.45. The smallest absolute Gasteiger partial charge is 0.126 e. The highest BCUT2D eigenvalue weighted by Crippen LogP contribution is 2.19. The number of hydrogen-bond acceptors (Lipinski definition) is 2. The standard InChI is InChI=1S/C16H22FN3/c1-3-9-18-15(16-19-10-11-20(16)4-2)12-13-7-5-6-8-14(13)17/h5-8,10-11,15,18H,3-4,9,12H2,1-2H3. The van der Waals surface area contributed by atoms with E-state index in [-0.39, 0.29) is 11.9 Å². The maximum Gasteiger partial charge on any atom is 0.126 e. The van der Waals surface area contributed by atoms with E-state index in [2.05, 4.69) is 28.7 Å². The zero-order chi connectivity index (χ0) is 14.4. The van der Waals surface area contributed by atoms with E-state index in [0.29, 0.717) is 6.42 Å². The first-order valence-electron chi connectivity index (χ1n) is 7.24. The zero-order valence-corrected chi connectivity index (χ0v) is 12.1. The first-order chi connectivity index (χ1) is 9.76. The molecule has 0 fully saturated rings. The van der Waals surface area contributed by atoms with Crippen LogP contribution in [0.4, 0.5) is 4.39 Å². The number of nitrogens with one attached hydrogen (secondary N) is 1. The van der Waals surface area contributed by atoms with Gasteiger partial charge in [0.05, 0.1) is 6.04 Å². The lowest BCUT2D eigenvalue weighted by Gasteiger charge is -2.19. The molecule has 2 rings (SSSR count). The zero-order valence-electron chi connectivity index (χ0n) is 12.1. The Morgan fingerprint density at radius 3 is 2.80 bits per heavy atom. The van der Waals surface area contributed by atoms with Crippen molar-refractivity contribution in [1.29, 1.82) is 0 Å². The maximum absolute atomic E-state index is 13.8. The van der Waals surface area contributed by atoms with Crippen molar-refractivity contribution >= 4 is 0 Å². The summed E-state index contributed by atoms with van der Waals surface area (Å²) in [6, 6.07) is 7.00. The molecule has 1 N–H and O–H groups in total. The summed E-state index contributed by atoms with van der Waals surface area (Å²) >= 11 is 0. The van der Waals surface area contributed by atoms with Gasteiger partial charge in [-0.05, 0) is 37.9 Å². The van der Waals surface area contributed by atoms with Crippen molar-refractivity contribution in [1.82, 2.24) is 14.9 Å². The summed E-state index contributed by atoms with van der Waals surface area (Å²) in [6.45, 7) is 5.98. The van der Waals surface area contributed by atoms with E-state index in [9.17, 15) is 4.39 Å². The van der Waals surface area contributed by atoms with Gasteiger partial charge in [0.1, 0.15) is 11.6 Å². The van der Waals surface area contributed by atoms with Crippen LogP contribution in [0.25, 0.3) is 0 Å². The Morgan fingerprint density at radius 2 is 2.10 bits per heavy atom. The van der Waals surface area contributed by atoms with Crippen LogP contribution in [-0.4, -0.2) is 16.1 Å². The van der Waals surface area contributed by atoms with Crippen LogP contribution in [-0.2, 0) is 13.0 Å². The maximum atomic E-state index is 13.8. The molecule has 2 aromatic rings. The molecule has 0 spiro atoms. The molecule has 20 heavy (non-hydrogen) atoms. The summed E-state index contributed by atoms with van der Waals surface area (Å²) in [7, 11) is 0. The van der Waals surface area contributed by atoms with E-state index in [1.54, 1.807) is 12.3 Å². The molecule has 1 atom stereocenters. The van der Waals surface area contributed by atoms with Crippen molar-refractivity contribution in [3.8, 4) is 0 Å². The van der Waals surface area contributed by atoms with E-state index in [4.69, 9.17) is 0 Å². The Balaban J connectivity index is 2.22. The molecule has 0 aliphatic carbocycles. The fourth-order valence-electron chi connectivity index (χ4n) is 2.36. The number of hydrogen-bond donors (Lipinski definition) is 1. The largest absolute Gasteiger partial charge is 0.334 e. The second-order valence-corrected chi connectivity index (χ2v) is 4.87. The molecular weight excluding hydrogens is 253 g/mol. The molecule has 0 radical (unpaired) electrons. The molecule has 1 unspecified atom stereocenters. The topological polar surface area (TPSA) is 29.9 Å². The van der Waals surface area contributed by atoms with Crippen LogP contribution < -0.4 is 5.32 Å². The van der Waals surface area contributed by atoms with E-state index < -0.39 is 0 Å². The SMILES string of the molecule is CCCNC(Cc1ccccc1F)c1nccn1CC. The lowest BCUT2D eigenvalue weighted by atomic mass is 10.0. The number of aromatic nitrogens is 2. The first-order valence-corrected chi connectivity index (χ1v) is 7.24. The monoisotopic (exact) mass is 275 g/mol. The molecule has 4 heteroatoms. The lowest BCUT2D eigenvalue weighted by Crippen LogP contribution is -2.27. The van der Waals surface area contributed by atoms with Crippen LogP contribution in [0, 0.1) is 5.82 Å². The van der Waals surface area contributed by atoms with Crippen LogP contribution in [0.15, 0.2) is 36.7 Å². The molecule has 0 aliphatic rings. The van der Waals surface area contributed by atoms with Crippen molar-refractivity contribution in [3.05, 3.63) is 53.9 Å². The molecular formula is C16H22FN3. The number of rotatable bonds is 7. The van der Waals surface area contributed by atoms with Gasteiger partial charge in [0.2, 0.25) is 0 Å². The van der Waals surface area contributed by atoms with Gasteiger partial charge in [-0.25, -0.2) is 9.37 Å². The number of nitrogens with zero attached hydrogens (tertiary/aromatic N) is 2. The Labute approximate surface area is 119 Å². The van der Waals surface area contributed by atoms with Crippen LogP contribution in [0.3, 0.4) is 0 Å². The highest BCUT2D eigenvalue weighted by Gasteiger charge is 2.18. The van der Waals surface area contributed by atoms with Gasteiger partial charge in [-0.2, -0.15) is 0 Å². The molecule has 0 bridgehead atoms. The Kier molecular flexibility index (Phi) is 5.30. The summed E-state index contributed by atoms with van der Waals surface area (Å²) in [5, 5.41) is 3.47. The Hall–Kier alpha value is -1.68. The number of halogens is 1. The highest BCUT2D eigenvalue weighted by atomic mass is 19.1. The highest BCUT2D eigenvalue weighted by molar-refractivity contribution is 5.20. The van der Waals surface area contributed by atoms with Crippen molar-refractivity contribution < 1.29 is 4.39 Å². The second-order valence-electron chi connectivity index (χ2n) is 4.87. The molecule has 0 saturated heterocycles. The van der Waals surface area contributed by atoms with Gasteiger partial charge >= 0.3 is 0 Å². The third-order valence-corrected chi connectivity index (χ3v) is 3.42. The van der Waals surface area contributed by atoms with Gasteiger partial charge in [-0.1, -0.05) is 25.1 Å². The molecule has 1 aromatic carbocycles. The van der Waals surface area contributed by atoms with E-state index >= 15 is 0 Å². The minimum atomic E-state index is -0.148. The first kappa shape index (κ1) is 14.7. The minimum Gasteiger partial charge on any atom is -0.334 e. The second kappa shape index (κ2) is 7.20. The van der Waals surface area contributed by atoms with Crippen LogP contribution in [0.2, 0.25) is 0 Å². The van der Waals surface area contributed by atoms with Crippen molar-refractivity contribution in [3.63, 3.8) is 0 Å². The number of imidazole rings is 1. The average molecular weight is 275 g/mol. The molecule has 108 valence electrons. The van der Waals surface area contributed by atoms with E-state index in [1.807, 2.05) is 18.3 Å². The van der Waals surface area contributed by atoms with Crippen molar-refractivity contribution in [2.24, 2.45) is 0 Å². The van der Waals surface area contributed by atoms with Crippen molar-refractivity contribution in [2.75, 3.05) is 6.54 Å². The Bertz CT molecular complexity index is 536. The van der Waals surface area contributed by atoms with Gasteiger partial charge < -0.3 is 9.88 Å². The minimum absolute atomic E-state index is 0.0433. The van der Waals surface area contributed by atoms with Crippen LogP contribution >= 0.6 is 0 Å². The molecule has 3 nitrogen and oxygen atoms in total. The number of benzene rings is 1. The summed E-state index contributed by atoms with van der Waals surface area (Å²) < 4.78 is 15.9. The van der Waals surface area contributed by atoms with Gasteiger partial charge in [0, 0.05) is 18.9 Å². The lowest BCUT2D eigenvalue weighted by molar-refractivity contribution is 0.473. The molecule has 1 heterocycles. The van der Waals surface area contributed by atoms with Crippen LogP contribution in [0.1, 0.15) is 37.7 Å². The predicted molar refractivity (Wildman–Crippen MR) is 79.0 cm³/mol.